The number of rotatable bonds is 5. The van der Waals surface area contributed by atoms with Crippen molar-refractivity contribution in [1.29, 1.82) is 0 Å². The molecule has 0 aromatic heterocycles. The van der Waals surface area contributed by atoms with Crippen molar-refractivity contribution in [3.8, 4) is 0 Å². The van der Waals surface area contributed by atoms with Gasteiger partial charge < -0.3 is 15.2 Å². The Kier molecular flexibility index (Phi) is 5.21. The van der Waals surface area contributed by atoms with Gasteiger partial charge in [0.1, 0.15) is 6.61 Å². The third-order valence-electron chi connectivity index (χ3n) is 3.62. The fourth-order valence-electron chi connectivity index (χ4n) is 2.49. The average Bonchev–Trinajstić information content (AvgIpc) is 2.83. The molecule has 0 aliphatic heterocycles. The Morgan fingerprint density at radius 1 is 1.32 bits per heavy atom. The van der Waals surface area contributed by atoms with Crippen molar-refractivity contribution in [2.45, 2.75) is 38.4 Å². The van der Waals surface area contributed by atoms with E-state index in [2.05, 4.69) is 5.32 Å². The molecule has 0 radical (unpaired) electrons. The Morgan fingerprint density at radius 3 is 2.79 bits per heavy atom. The van der Waals surface area contributed by atoms with Crippen LogP contribution in [0, 0.1) is 5.92 Å². The maximum atomic E-state index is 11.5. The second-order valence-electron chi connectivity index (χ2n) is 5.04. The summed E-state index contributed by atoms with van der Waals surface area (Å²) in [4.78, 5) is 11.5. The van der Waals surface area contributed by atoms with Gasteiger partial charge >= 0.3 is 6.09 Å². The number of alkyl carbamates (subject to hydrolysis) is 1. The molecule has 1 fully saturated rings. The first kappa shape index (κ1) is 13.9. The van der Waals surface area contributed by atoms with E-state index in [9.17, 15) is 9.90 Å². The minimum absolute atomic E-state index is 0.192. The Balaban J connectivity index is 1.60. The molecule has 1 aliphatic rings. The summed E-state index contributed by atoms with van der Waals surface area (Å²) in [5.74, 6) is 0.328. The molecule has 4 heteroatoms. The first-order chi connectivity index (χ1) is 9.25. The molecule has 0 bridgehead atoms. The molecule has 1 aromatic carbocycles. The normalized spacial score (nSPS) is 22.2. The van der Waals surface area contributed by atoms with Gasteiger partial charge in [-0.05, 0) is 30.7 Å². The van der Waals surface area contributed by atoms with Gasteiger partial charge in [-0.1, -0.05) is 36.8 Å². The summed E-state index contributed by atoms with van der Waals surface area (Å²) in [5, 5.41) is 12.4. The van der Waals surface area contributed by atoms with Crippen molar-refractivity contribution >= 4 is 6.09 Å². The minimum Gasteiger partial charge on any atom is -0.445 e. The first-order valence-corrected chi connectivity index (χ1v) is 6.88. The summed E-state index contributed by atoms with van der Waals surface area (Å²) in [6.45, 7) is 0.855. The molecule has 2 N–H and O–H groups in total. The van der Waals surface area contributed by atoms with Gasteiger partial charge in [0.05, 0.1) is 6.10 Å². The van der Waals surface area contributed by atoms with Gasteiger partial charge in [0.15, 0.2) is 0 Å². The topological polar surface area (TPSA) is 58.6 Å². The summed E-state index contributed by atoms with van der Waals surface area (Å²) < 4.78 is 5.11. The van der Waals surface area contributed by atoms with Crippen molar-refractivity contribution < 1.29 is 14.6 Å². The molecule has 1 aliphatic carbocycles. The number of carbonyl (C=O) groups is 1. The molecule has 1 amide bonds. The molecule has 4 nitrogen and oxygen atoms in total. The summed E-state index contributed by atoms with van der Waals surface area (Å²) in [6.07, 6.45) is 3.27. The highest BCUT2D eigenvalue weighted by atomic mass is 16.5. The van der Waals surface area contributed by atoms with Crippen molar-refractivity contribution in [3.05, 3.63) is 35.9 Å². The zero-order chi connectivity index (χ0) is 13.5. The monoisotopic (exact) mass is 263 g/mol. The van der Waals surface area contributed by atoms with Crippen molar-refractivity contribution in [3.63, 3.8) is 0 Å². The third-order valence-corrected chi connectivity index (χ3v) is 3.62. The van der Waals surface area contributed by atoms with Gasteiger partial charge in [-0.3, -0.25) is 0 Å². The predicted octanol–water partition coefficient (Wildman–Crippen LogP) is 2.46. The second kappa shape index (κ2) is 7.14. The zero-order valence-corrected chi connectivity index (χ0v) is 11.0. The molecule has 0 spiro atoms. The van der Waals surface area contributed by atoms with E-state index >= 15 is 0 Å². The van der Waals surface area contributed by atoms with Crippen LogP contribution in [0.5, 0.6) is 0 Å². The van der Waals surface area contributed by atoms with Crippen LogP contribution in [0.1, 0.15) is 31.2 Å². The van der Waals surface area contributed by atoms with Gasteiger partial charge in [0.25, 0.3) is 0 Å². The Bertz CT molecular complexity index is 394. The third kappa shape index (κ3) is 4.56. The van der Waals surface area contributed by atoms with E-state index in [0.29, 0.717) is 19.1 Å². The van der Waals surface area contributed by atoms with Crippen molar-refractivity contribution in [2.75, 3.05) is 6.54 Å². The van der Waals surface area contributed by atoms with Crippen LogP contribution in [0.2, 0.25) is 0 Å². The maximum Gasteiger partial charge on any atom is 0.407 e. The average molecular weight is 263 g/mol. The molecule has 104 valence electrons. The number of hydrogen-bond donors (Lipinski definition) is 2. The number of carbonyl (C=O) groups excluding carboxylic acids is 1. The number of nitrogens with one attached hydrogen (secondary N) is 1. The van der Waals surface area contributed by atoms with Crippen LogP contribution >= 0.6 is 0 Å². The molecule has 2 atom stereocenters. The highest BCUT2D eigenvalue weighted by molar-refractivity contribution is 5.67. The molecule has 1 aromatic rings. The molecule has 2 rings (SSSR count). The van der Waals surface area contributed by atoms with Crippen molar-refractivity contribution in [2.24, 2.45) is 5.92 Å². The van der Waals surface area contributed by atoms with E-state index in [1.54, 1.807) is 0 Å². The van der Waals surface area contributed by atoms with Gasteiger partial charge in [-0.2, -0.15) is 0 Å². The number of aliphatic hydroxyl groups is 1. The van der Waals surface area contributed by atoms with Crippen LogP contribution < -0.4 is 5.32 Å². The Labute approximate surface area is 113 Å². The van der Waals surface area contributed by atoms with Gasteiger partial charge in [0, 0.05) is 6.54 Å². The van der Waals surface area contributed by atoms with Crippen LogP contribution in [0.15, 0.2) is 30.3 Å². The van der Waals surface area contributed by atoms with E-state index < -0.39 is 6.09 Å². The standard InChI is InChI=1S/C15H21NO3/c17-14-8-4-7-13(14)9-10-16-15(18)19-11-12-5-2-1-3-6-12/h1-3,5-6,13-14,17H,4,7-11H2,(H,16,18)/t13-,14+/m0/s1. The lowest BCUT2D eigenvalue weighted by atomic mass is 10.0. The quantitative estimate of drug-likeness (QED) is 0.858. The van der Waals surface area contributed by atoms with E-state index in [4.69, 9.17) is 4.74 Å². The number of amides is 1. The van der Waals surface area contributed by atoms with Gasteiger partial charge in [0.2, 0.25) is 0 Å². The predicted molar refractivity (Wildman–Crippen MR) is 72.6 cm³/mol. The highest BCUT2D eigenvalue weighted by Gasteiger charge is 2.24. The summed E-state index contributed by atoms with van der Waals surface area (Å²) in [7, 11) is 0. The number of ether oxygens (including phenoxy) is 1. The highest BCUT2D eigenvalue weighted by Crippen LogP contribution is 2.27. The van der Waals surface area contributed by atoms with E-state index in [1.807, 2.05) is 30.3 Å². The molecular weight excluding hydrogens is 242 g/mol. The summed E-state index contributed by atoms with van der Waals surface area (Å²) in [6, 6.07) is 9.59. The van der Waals surface area contributed by atoms with Crippen LogP contribution in [0.4, 0.5) is 4.79 Å². The molecule has 1 saturated carbocycles. The lowest BCUT2D eigenvalue weighted by molar-refractivity contribution is 0.122. The van der Waals surface area contributed by atoms with Crippen LogP contribution in [-0.4, -0.2) is 23.8 Å². The molecule has 0 heterocycles. The lowest BCUT2D eigenvalue weighted by Gasteiger charge is -2.14. The van der Waals surface area contributed by atoms with E-state index in [1.165, 1.54) is 0 Å². The Morgan fingerprint density at radius 2 is 2.11 bits per heavy atom. The molecule has 19 heavy (non-hydrogen) atoms. The van der Waals surface area contributed by atoms with Crippen LogP contribution in [0.3, 0.4) is 0 Å². The second-order valence-corrected chi connectivity index (χ2v) is 5.04. The van der Waals surface area contributed by atoms with Gasteiger partial charge in [-0.25, -0.2) is 4.79 Å². The molecule has 0 unspecified atom stereocenters. The smallest absolute Gasteiger partial charge is 0.407 e. The summed E-state index contributed by atoms with van der Waals surface area (Å²) in [5.41, 5.74) is 0.976. The van der Waals surface area contributed by atoms with Crippen molar-refractivity contribution in [1.82, 2.24) is 5.32 Å². The van der Waals surface area contributed by atoms with Crippen LogP contribution in [-0.2, 0) is 11.3 Å². The lowest BCUT2D eigenvalue weighted by Crippen LogP contribution is -2.28. The minimum atomic E-state index is -0.392. The fourth-order valence-corrected chi connectivity index (χ4v) is 2.49. The fraction of sp³-hybridized carbons (Fsp3) is 0.533. The summed E-state index contributed by atoms with van der Waals surface area (Å²) >= 11 is 0. The number of hydrogen-bond acceptors (Lipinski definition) is 3. The SMILES string of the molecule is O=C(NCC[C@@H]1CCC[C@H]1O)OCc1ccccc1. The number of aliphatic hydroxyl groups excluding tert-OH is 1. The first-order valence-electron chi connectivity index (χ1n) is 6.88. The van der Waals surface area contributed by atoms with E-state index in [0.717, 1.165) is 31.2 Å². The Hall–Kier alpha value is -1.55. The number of benzene rings is 1. The zero-order valence-electron chi connectivity index (χ0n) is 11.0. The largest absolute Gasteiger partial charge is 0.445 e. The molecular formula is C15H21NO3. The maximum absolute atomic E-state index is 11.5. The molecule has 0 saturated heterocycles. The van der Waals surface area contributed by atoms with E-state index in [-0.39, 0.29) is 6.10 Å². The van der Waals surface area contributed by atoms with Crippen LogP contribution in [0.25, 0.3) is 0 Å². The van der Waals surface area contributed by atoms with Gasteiger partial charge in [-0.15, -0.1) is 0 Å².